The SMILES string of the molecule is CCOc1cc(C)c(CCCC(C)=O)cc1C. The van der Waals surface area contributed by atoms with Crippen LogP contribution in [0.15, 0.2) is 12.1 Å². The minimum atomic E-state index is 0.269. The van der Waals surface area contributed by atoms with Gasteiger partial charge in [-0.25, -0.2) is 0 Å². The lowest BCUT2D eigenvalue weighted by Crippen LogP contribution is -1.99. The van der Waals surface area contributed by atoms with Gasteiger partial charge in [-0.2, -0.15) is 0 Å². The summed E-state index contributed by atoms with van der Waals surface area (Å²) in [5.41, 5.74) is 3.75. The molecule has 0 spiro atoms. The summed E-state index contributed by atoms with van der Waals surface area (Å²) >= 11 is 0. The van der Waals surface area contributed by atoms with Crippen molar-refractivity contribution >= 4 is 5.78 Å². The minimum Gasteiger partial charge on any atom is -0.494 e. The molecule has 0 bridgehead atoms. The van der Waals surface area contributed by atoms with Gasteiger partial charge in [-0.3, -0.25) is 0 Å². The molecule has 2 heteroatoms. The summed E-state index contributed by atoms with van der Waals surface area (Å²) in [5, 5.41) is 0. The standard InChI is InChI=1S/C15H22O2/c1-5-17-15-10-11(2)14(9-12(15)3)8-6-7-13(4)16/h9-10H,5-8H2,1-4H3. The molecule has 1 rings (SSSR count). The Morgan fingerprint density at radius 2 is 1.94 bits per heavy atom. The Morgan fingerprint density at radius 3 is 2.53 bits per heavy atom. The summed E-state index contributed by atoms with van der Waals surface area (Å²) < 4.78 is 5.56. The van der Waals surface area contributed by atoms with Crippen molar-refractivity contribution in [1.82, 2.24) is 0 Å². The molecule has 0 unspecified atom stereocenters. The summed E-state index contributed by atoms with van der Waals surface area (Å²) in [5.74, 6) is 1.24. The Bertz CT molecular complexity index is 394. The van der Waals surface area contributed by atoms with Gasteiger partial charge in [0.2, 0.25) is 0 Å². The molecule has 1 aromatic carbocycles. The molecule has 0 heterocycles. The van der Waals surface area contributed by atoms with Crippen molar-refractivity contribution in [2.45, 2.75) is 47.0 Å². The van der Waals surface area contributed by atoms with Crippen LogP contribution in [0.3, 0.4) is 0 Å². The van der Waals surface area contributed by atoms with Crippen molar-refractivity contribution in [2.24, 2.45) is 0 Å². The van der Waals surface area contributed by atoms with Crippen LogP contribution >= 0.6 is 0 Å². The molecule has 2 nitrogen and oxygen atoms in total. The average Bonchev–Trinajstić information content (AvgIpc) is 2.24. The van der Waals surface area contributed by atoms with Crippen LogP contribution < -0.4 is 4.74 Å². The van der Waals surface area contributed by atoms with Gasteiger partial charge >= 0.3 is 0 Å². The molecule has 0 saturated carbocycles. The highest BCUT2D eigenvalue weighted by Gasteiger charge is 2.05. The van der Waals surface area contributed by atoms with Crippen molar-refractivity contribution in [2.75, 3.05) is 6.61 Å². The molecule has 0 radical (unpaired) electrons. The third-order valence-corrected chi connectivity index (χ3v) is 2.91. The molecule has 0 saturated heterocycles. The van der Waals surface area contributed by atoms with Crippen LogP contribution in [0.2, 0.25) is 0 Å². The fourth-order valence-electron chi connectivity index (χ4n) is 1.96. The first-order chi connectivity index (χ1) is 8.04. The Balaban J connectivity index is 2.73. The number of hydrogen-bond acceptors (Lipinski definition) is 2. The monoisotopic (exact) mass is 234 g/mol. The third-order valence-electron chi connectivity index (χ3n) is 2.91. The predicted molar refractivity (Wildman–Crippen MR) is 70.7 cm³/mol. The quantitative estimate of drug-likeness (QED) is 0.751. The summed E-state index contributed by atoms with van der Waals surface area (Å²) in [6.07, 6.45) is 2.58. The highest BCUT2D eigenvalue weighted by atomic mass is 16.5. The number of Topliss-reactive ketones (excluding diaryl/α,β-unsaturated/α-hetero) is 1. The van der Waals surface area contributed by atoms with E-state index in [4.69, 9.17) is 4.74 Å². The molecule has 17 heavy (non-hydrogen) atoms. The second-order valence-corrected chi connectivity index (χ2v) is 4.53. The number of hydrogen-bond donors (Lipinski definition) is 0. The lowest BCUT2D eigenvalue weighted by atomic mass is 9.99. The highest BCUT2D eigenvalue weighted by molar-refractivity contribution is 5.75. The van der Waals surface area contributed by atoms with Gasteiger partial charge in [0.1, 0.15) is 11.5 Å². The molecule has 0 aromatic heterocycles. The van der Waals surface area contributed by atoms with E-state index in [1.807, 2.05) is 6.92 Å². The maximum Gasteiger partial charge on any atom is 0.129 e. The first-order valence-electron chi connectivity index (χ1n) is 6.27. The molecule has 94 valence electrons. The highest BCUT2D eigenvalue weighted by Crippen LogP contribution is 2.24. The lowest BCUT2D eigenvalue weighted by molar-refractivity contribution is -0.117. The van der Waals surface area contributed by atoms with E-state index in [1.54, 1.807) is 6.92 Å². The molecule has 0 fully saturated rings. The molecule has 0 aliphatic heterocycles. The van der Waals surface area contributed by atoms with Crippen molar-refractivity contribution in [3.63, 3.8) is 0 Å². The predicted octanol–water partition coefficient (Wildman–Crippen LogP) is 3.61. The first-order valence-corrected chi connectivity index (χ1v) is 6.27. The van der Waals surface area contributed by atoms with Gasteiger partial charge in [0.25, 0.3) is 0 Å². The molecule has 0 N–H and O–H groups in total. The van der Waals surface area contributed by atoms with Crippen molar-refractivity contribution in [3.8, 4) is 5.75 Å². The van der Waals surface area contributed by atoms with Crippen LogP contribution in [-0.2, 0) is 11.2 Å². The van der Waals surface area contributed by atoms with Crippen molar-refractivity contribution in [3.05, 3.63) is 28.8 Å². The van der Waals surface area contributed by atoms with Gasteiger partial charge < -0.3 is 9.53 Å². The number of rotatable bonds is 6. The van der Waals surface area contributed by atoms with E-state index in [-0.39, 0.29) is 5.78 Å². The second-order valence-electron chi connectivity index (χ2n) is 4.53. The second kappa shape index (κ2) is 6.43. The largest absolute Gasteiger partial charge is 0.494 e. The number of ketones is 1. The van der Waals surface area contributed by atoms with Crippen LogP contribution in [0.4, 0.5) is 0 Å². The van der Waals surface area contributed by atoms with Gasteiger partial charge in [-0.15, -0.1) is 0 Å². The van der Waals surface area contributed by atoms with Crippen LogP contribution in [0.5, 0.6) is 5.75 Å². The third kappa shape index (κ3) is 4.22. The van der Waals surface area contributed by atoms with Gasteiger partial charge in [-0.1, -0.05) is 6.07 Å². The van der Waals surface area contributed by atoms with E-state index < -0.39 is 0 Å². The summed E-state index contributed by atoms with van der Waals surface area (Å²) in [6.45, 7) is 8.51. The minimum absolute atomic E-state index is 0.269. The Kier molecular flexibility index (Phi) is 5.20. The number of carbonyl (C=O) groups excluding carboxylic acids is 1. The fraction of sp³-hybridized carbons (Fsp3) is 0.533. The normalized spacial score (nSPS) is 10.4. The lowest BCUT2D eigenvalue weighted by Gasteiger charge is -2.12. The van der Waals surface area contributed by atoms with E-state index in [0.29, 0.717) is 13.0 Å². The van der Waals surface area contributed by atoms with Crippen LogP contribution in [0, 0.1) is 13.8 Å². The van der Waals surface area contributed by atoms with Crippen LogP contribution in [-0.4, -0.2) is 12.4 Å². The summed E-state index contributed by atoms with van der Waals surface area (Å²) in [7, 11) is 0. The summed E-state index contributed by atoms with van der Waals surface area (Å²) in [4.78, 5) is 10.9. The Hall–Kier alpha value is -1.31. The molecule has 0 aliphatic carbocycles. The van der Waals surface area contributed by atoms with Gasteiger partial charge in [0.05, 0.1) is 6.61 Å². The van der Waals surface area contributed by atoms with Gasteiger partial charge in [0, 0.05) is 6.42 Å². The van der Waals surface area contributed by atoms with E-state index >= 15 is 0 Å². The molecular weight excluding hydrogens is 212 g/mol. The van der Waals surface area contributed by atoms with Crippen LogP contribution in [0.25, 0.3) is 0 Å². The van der Waals surface area contributed by atoms with E-state index in [9.17, 15) is 4.79 Å². The average molecular weight is 234 g/mol. The molecule has 1 aromatic rings. The fourth-order valence-corrected chi connectivity index (χ4v) is 1.96. The smallest absolute Gasteiger partial charge is 0.129 e. The topological polar surface area (TPSA) is 26.3 Å². The van der Waals surface area contributed by atoms with Gasteiger partial charge in [0.15, 0.2) is 0 Å². The maximum absolute atomic E-state index is 10.9. The maximum atomic E-state index is 10.9. The van der Waals surface area contributed by atoms with Crippen LogP contribution in [0.1, 0.15) is 43.4 Å². The van der Waals surface area contributed by atoms with Crippen molar-refractivity contribution in [1.29, 1.82) is 0 Å². The Labute approximate surface area is 104 Å². The first kappa shape index (κ1) is 13.8. The zero-order valence-corrected chi connectivity index (χ0v) is 11.3. The Morgan fingerprint density at radius 1 is 1.24 bits per heavy atom. The number of aryl methyl sites for hydroxylation is 3. The van der Waals surface area contributed by atoms with Crippen molar-refractivity contribution < 1.29 is 9.53 Å². The van der Waals surface area contributed by atoms with E-state index in [0.717, 1.165) is 18.6 Å². The number of ether oxygens (including phenoxy) is 1. The number of benzene rings is 1. The van der Waals surface area contributed by atoms with E-state index in [2.05, 4.69) is 26.0 Å². The van der Waals surface area contributed by atoms with E-state index in [1.165, 1.54) is 16.7 Å². The molecular formula is C15H22O2. The molecule has 0 amide bonds. The number of carbonyl (C=O) groups is 1. The van der Waals surface area contributed by atoms with Gasteiger partial charge in [-0.05, 0) is 63.3 Å². The molecule has 0 atom stereocenters. The zero-order valence-electron chi connectivity index (χ0n) is 11.3. The molecule has 0 aliphatic rings. The zero-order chi connectivity index (χ0) is 12.8. The summed E-state index contributed by atoms with van der Waals surface area (Å²) in [6, 6.07) is 4.28.